The van der Waals surface area contributed by atoms with Crippen molar-refractivity contribution >= 4 is 22.9 Å². The first-order valence-electron chi connectivity index (χ1n) is 10.0. The van der Waals surface area contributed by atoms with Crippen molar-refractivity contribution in [1.82, 2.24) is 19.5 Å². The van der Waals surface area contributed by atoms with E-state index in [0.717, 1.165) is 62.0 Å². The first-order valence-corrected chi connectivity index (χ1v) is 10.0. The standard InChI is InChI=1S/C21H24N6O2/c28-21(17-13-18-3-1-2-4-27(18)16-17)26-7-5-24(6-8-26)19-14-20(23-22-15-19)25-9-11-29-12-10-25/h1-4,13-16H,5-12H2. The largest absolute Gasteiger partial charge is 0.378 e. The summed E-state index contributed by atoms with van der Waals surface area (Å²) in [6.07, 6.45) is 5.68. The van der Waals surface area contributed by atoms with Gasteiger partial charge in [-0.05, 0) is 18.2 Å². The van der Waals surface area contributed by atoms with E-state index in [1.54, 1.807) is 0 Å². The number of hydrogen-bond donors (Lipinski definition) is 0. The first kappa shape index (κ1) is 17.9. The van der Waals surface area contributed by atoms with Crippen molar-refractivity contribution in [1.29, 1.82) is 0 Å². The summed E-state index contributed by atoms with van der Waals surface area (Å²) < 4.78 is 7.40. The number of fused-ring (bicyclic) bond motifs is 1. The van der Waals surface area contributed by atoms with Crippen LogP contribution < -0.4 is 9.80 Å². The van der Waals surface area contributed by atoms with E-state index in [9.17, 15) is 4.79 Å². The summed E-state index contributed by atoms with van der Waals surface area (Å²) >= 11 is 0. The Morgan fingerprint density at radius 1 is 0.966 bits per heavy atom. The van der Waals surface area contributed by atoms with E-state index in [1.807, 2.05) is 52.2 Å². The maximum atomic E-state index is 12.9. The number of carbonyl (C=O) groups excluding carboxylic acids is 1. The van der Waals surface area contributed by atoms with Crippen LogP contribution in [0.2, 0.25) is 0 Å². The zero-order valence-electron chi connectivity index (χ0n) is 16.3. The summed E-state index contributed by atoms with van der Waals surface area (Å²) in [4.78, 5) is 19.3. The van der Waals surface area contributed by atoms with Gasteiger partial charge in [0.1, 0.15) is 0 Å². The van der Waals surface area contributed by atoms with Gasteiger partial charge in [0.25, 0.3) is 5.91 Å². The molecule has 0 radical (unpaired) electrons. The van der Waals surface area contributed by atoms with Gasteiger partial charge in [-0.3, -0.25) is 4.79 Å². The SMILES string of the molecule is O=C(c1cc2ccccn2c1)N1CCN(c2cnnc(N3CCOCC3)c2)CC1. The molecule has 2 fully saturated rings. The van der Waals surface area contributed by atoms with E-state index in [-0.39, 0.29) is 5.91 Å². The van der Waals surface area contributed by atoms with Gasteiger partial charge in [-0.1, -0.05) is 6.07 Å². The van der Waals surface area contributed by atoms with Crippen molar-refractivity contribution in [2.24, 2.45) is 0 Å². The van der Waals surface area contributed by atoms with Gasteiger partial charge in [-0.25, -0.2) is 0 Å². The highest BCUT2D eigenvalue weighted by molar-refractivity contribution is 5.95. The quantitative estimate of drug-likeness (QED) is 0.674. The summed E-state index contributed by atoms with van der Waals surface area (Å²) in [5.74, 6) is 0.986. The van der Waals surface area contributed by atoms with Gasteiger partial charge in [-0.2, -0.15) is 5.10 Å². The summed E-state index contributed by atoms with van der Waals surface area (Å²) in [7, 11) is 0. The molecule has 0 N–H and O–H groups in total. The van der Waals surface area contributed by atoms with Gasteiger partial charge in [0, 0.05) is 63.2 Å². The number of piperazine rings is 1. The minimum atomic E-state index is 0.0928. The molecule has 5 heterocycles. The maximum absolute atomic E-state index is 12.9. The topological polar surface area (TPSA) is 66.2 Å². The van der Waals surface area contributed by atoms with Crippen molar-refractivity contribution in [3.8, 4) is 0 Å². The number of nitrogens with zero attached hydrogens (tertiary/aromatic N) is 6. The fourth-order valence-corrected chi connectivity index (χ4v) is 3.99. The highest BCUT2D eigenvalue weighted by Crippen LogP contribution is 2.22. The predicted octanol–water partition coefficient (Wildman–Crippen LogP) is 1.53. The third-order valence-electron chi connectivity index (χ3n) is 5.65. The molecule has 0 aromatic carbocycles. The predicted molar refractivity (Wildman–Crippen MR) is 111 cm³/mol. The Morgan fingerprint density at radius 3 is 2.59 bits per heavy atom. The fraction of sp³-hybridized carbons (Fsp3) is 0.381. The second kappa shape index (κ2) is 7.71. The van der Waals surface area contributed by atoms with Crippen LogP contribution in [0.4, 0.5) is 11.5 Å². The Balaban J connectivity index is 1.25. The Bertz CT molecular complexity index is 972. The van der Waals surface area contributed by atoms with Crippen LogP contribution in [0.1, 0.15) is 10.4 Å². The molecular formula is C21H24N6O2. The van der Waals surface area contributed by atoms with E-state index < -0.39 is 0 Å². The monoisotopic (exact) mass is 392 g/mol. The number of anilines is 2. The van der Waals surface area contributed by atoms with E-state index in [1.165, 1.54) is 0 Å². The molecule has 8 nitrogen and oxygen atoms in total. The average molecular weight is 392 g/mol. The minimum Gasteiger partial charge on any atom is -0.378 e. The molecule has 0 saturated carbocycles. The lowest BCUT2D eigenvalue weighted by molar-refractivity contribution is 0.0747. The van der Waals surface area contributed by atoms with Crippen LogP contribution in [0, 0.1) is 0 Å². The van der Waals surface area contributed by atoms with Gasteiger partial charge in [-0.15, -0.1) is 5.10 Å². The lowest BCUT2D eigenvalue weighted by Gasteiger charge is -2.36. The highest BCUT2D eigenvalue weighted by atomic mass is 16.5. The van der Waals surface area contributed by atoms with Crippen LogP contribution in [0.3, 0.4) is 0 Å². The lowest BCUT2D eigenvalue weighted by atomic mass is 10.2. The molecule has 3 aromatic heterocycles. The summed E-state index contributed by atoms with van der Waals surface area (Å²) in [5, 5.41) is 8.49. The first-order chi connectivity index (χ1) is 14.3. The van der Waals surface area contributed by atoms with E-state index >= 15 is 0 Å². The summed E-state index contributed by atoms with van der Waals surface area (Å²) in [5.41, 5.74) is 2.83. The Hall–Kier alpha value is -3.13. The summed E-state index contributed by atoms with van der Waals surface area (Å²) in [6, 6.07) is 10.0. The third kappa shape index (κ3) is 3.63. The molecule has 150 valence electrons. The summed E-state index contributed by atoms with van der Waals surface area (Å²) in [6.45, 7) is 6.09. The molecule has 0 aliphatic carbocycles. The molecule has 0 unspecified atom stereocenters. The van der Waals surface area contributed by atoms with Crippen LogP contribution in [0.15, 0.2) is 48.9 Å². The lowest BCUT2D eigenvalue weighted by Crippen LogP contribution is -2.48. The van der Waals surface area contributed by atoms with Gasteiger partial charge < -0.3 is 23.8 Å². The molecule has 5 rings (SSSR count). The average Bonchev–Trinajstić information content (AvgIpc) is 3.24. The number of amides is 1. The van der Waals surface area contributed by atoms with Crippen LogP contribution in [0.25, 0.3) is 5.52 Å². The van der Waals surface area contributed by atoms with Crippen molar-refractivity contribution in [3.05, 3.63) is 54.5 Å². The molecule has 29 heavy (non-hydrogen) atoms. The van der Waals surface area contributed by atoms with Crippen molar-refractivity contribution in [2.45, 2.75) is 0 Å². The number of ether oxygens (including phenoxy) is 1. The molecule has 1 amide bonds. The number of aromatic nitrogens is 3. The normalized spacial score (nSPS) is 17.7. The Kier molecular flexibility index (Phi) is 4.77. The van der Waals surface area contributed by atoms with Crippen LogP contribution in [-0.4, -0.2) is 77.9 Å². The van der Waals surface area contributed by atoms with Crippen LogP contribution >= 0.6 is 0 Å². The third-order valence-corrected chi connectivity index (χ3v) is 5.65. The number of hydrogen-bond acceptors (Lipinski definition) is 6. The number of pyridine rings is 1. The molecule has 2 aliphatic rings. The van der Waals surface area contributed by atoms with Gasteiger partial charge in [0.05, 0.1) is 30.7 Å². The smallest absolute Gasteiger partial charge is 0.255 e. The molecule has 2 saturated heterocycles. The highest BCUT2D eigenvalue weighted by Gasteiger charge is 2.24. The molecule has 0 spiro atoms. The number of rotatable bonds is 3. The molecule has 0 bridgehead atoms. The van der Waals surface area contributed by atoms with E-state index in [2.05, 4.69) is 26.1 Å². The molecular weight excluding hydrogens is 368 g/mol. The maximum Gasteiger partial charge on any atom is 0.255 e. The second-order valence-electron chi connectivity index (χ2n) is 7.41. The van der Waals surface area contributed by atoms with Crippen molar-refractivity contribution in [3.63, 3.8) is 0 Å². The molecule has 8 heteroatoms. The van der Waals surface area contributed by atoms with Gasteiger partial charge in [0.15, 0.2) is 5.82 Å². The number of morpholine rings is 1. The van der Waals surface area contributed by atoms with Crippen LogP contribution in [0.5, 0.6) is 0 Å². The van der Waals surface area contributed by atoms with E-state index in [4.69, 9.17) is 4.74 Å². The van der Waals surface area contributed by atoms with Gasteiger partial charge >= 0.3 is 0 Å². The zero-order chi connectivity index (χ0) is 19.6. The van der Waals surface area contributed by atoms with Crippen molar-refractivity contribution < 1.29 is 9.53 Å². The Morgan fingerprint density at radius 2 is 1.79 bits per heavy atom. The molecule has 2 aliphatic heterocycles. The second-order valence-corrected chi connectivity index (χ2v) is 7.41. The Labute approximate surface area is 169 Å². The number of carbonyl (C=O) groups is 1. The molecule has 3 aromatic rings. The van der Waals surface area contributed by atoms with Crippen molar-refractivity contribution in [2.75, 3.05) is 62.3 Å². The van der Waals surface area contributed by atoms with Gasteiger partial charge in [0.2, 0.25) is 0 Å². The van der Waals surface area contributed by atoms with E-state index in [0.29, 0.717) is 13.1 Å². The minimum absolute atomic E-state index is 0.0928. The zero-order valence-corrected chi connectivity index (χ0v) is 16.3. The van der Waals surface area contributed by atoms with Crippen LogP contribution in [-0.2, 0) is 4.74 Å². The molecule has 0 atom stereocenters. The fourth-order valence-electron chi connectivity index (χ4n) is 3.99.